The molecule has 0 spiro atoms. The van der Waals surface area contributed by atoms with E-state index in [1.165, 1.54) is 12.1 Å². The summed E-state index contributed by atoms with van der Waals surface area (Å²) in [6.45, 7) is 5.38. The van der Waals surface area contributed by atoms with Gasteiger partial charge in [0.15, 0.2) is 0 Å². The largest absolute Gasteiger partial charge is 0.396 e. The molecule has 2 N–H and O–H groups in total. The summed E-state index contributed by atoms with van der Waals surface area (Å²) in [5, 5.41) is 11.7. The molecule has 0 aromatic heterocycles. The van der Waals surface area contributed by atoms with Gasteiger partial charge in [-0.15, -0.1) is 0 Å². The fourth-order valence-electron chi connectivity index (χ4n) is 1.46. The Hall–Kier alpha value is -1.42. The smallest absolute Gasteiger partial charge is 0.251 e. The van der Waals surface area contributed by atoms with E-state index in [0.717, 1.165) is 0 Å². The van der Waals surface area contributed by atoms with E-state index in [2.05, 4.69) is 5.32 Å². The fraction of sp³-hybridized carbons (Fsp3) is 0.462. The van der Waals surface area contributed by atoms with Gasteiger partial charge in [-0.25, -0.2) is 4.39 Å². The molecule has 2 unspecified atom stereocenters. The number of rotatable bonds is 4. The van der Waals surface area contributed by atoms with Crippen LogP contribution in [-0.2, 0) is 0 Å². The zero-order valence-corrected chi connectivity index (χ0v) is 10.3. The molecule has 0 saturated carbocycles. The van der Waals surface area contributed by atoms with E-state index in [4.69, 9.17) is 5.11 Å². The molecule has 0 saturated heterocycles. The maximum absolute atomic E-state index is 13.1. The third kappa shape index (κ3) is 3.82. The number of aryl methyl sites for hydroxylation is 1. The van der Waals surface area contributed by atoms with Crippen LogP contribution in [0.1, 0.15) is 29.8 Å². The number of aliphatic hydroxyl groups excluding tert-OH is 1. The number of hydrogen-bond acceptors (Lipinski definition) is 2. The molecule has 1 amide bonds. The first kappa shape index (κ1) is 13.6. The average Bonchev–Trinajstić information content (AvgIpc) is 2.26. The number of carbonyl (C=O) groups is 1. The minimum atomic E-state index is -0.419. The van der Waals surface area contributed by atoms with E-state index in [1.807, 2.05) is 13.8 Å². The molecule has 0 fully saturated rings. The van der Waals surface area contributed by atoms with E-state index in [-0.39, 0.29) is 24.5 Å². The minimum absolute atomic E-state index is 0.00360. The summed E-state index contributed by atoms with van der Waals surface area (Å²) in [6, 6.07) is 4.06. The van der Waals surface area contributed by atoms with Crippen molar-refractivity contribution < 1.29 is 14.3 Å². The van der Waals surface area contributed by atoms with Gasteiger partial charge in [-0.2, -0.15) is 0 Å². The molecule has 1 aromatic carbocycles. The summed E-state index contributed by atoms with van der Waals surface area (Å²) in [4.78, 5) is 11.8. The highest BCUT2D eigenvalue weighted by atomic mass is 19.1. The standard InChI is InChI=1S/C13H18FNO2/c1-8-4-11(6-12(14)5-8)13(17)15-10(3)9(2)7-16/h4-6,9-10,16H,7H2,1-3H3,(H,15,17). The number of aliphatic hydroxyl groups is 1. The molecular weight excluding hydrogens is 221 g/mol. The van der Waals surface area contributed by atoms with Gasteiger partial charge in [0.1, 0.15) is 5.82 Å². The predicted octanol–water partition coefficient (Wildman–Crippen LogP) is 1.88. The summed E-state index contributed by atoms with van der Waals surface area (Å²) in [7, 11) is 0. The van der Waals surface area contributed by atoms with Crippen LogP contribution < -0.4 is 5.32 Å². The third-order valence-corrected chi connectivity index (χ3v) is 2.80. The Morgan fingerprint density at radius 3 is 2.59 bits per heavy atom. The Kier molecular flexibility index (Phi) is 4.63. The first-order valence-corrected chi connectivity index (χ1v) is 5.63. The first-order chi connectivity index (χ1) is 7.93. The molecule has 0 aliphatic heterocycles. The lowest BCUT2D eigenvalue weighted by molar-refractivity contribution is 0.0915. The van der Waals surface area contributed by atoms with E-state index < -0.39 is 5.82 Å². The van der Waals surface area contributed by atoms with Crippen molar-refractivity contribution in [1.29, 1.82) is 0 Å². The van der Waals surface area contributed by atoms with Crippen LogP contribution in [0.4, 0.5) is 4.39 Å². The molecule has 0 aliphatic carbocycles. The summed E-state index contributed by atoms with van der Waals surface area (Å²) >= 11 is 0. The van der Waals surface area contributed by atoms with Crippen LogP contribution in [0.15, 0.2) is 18.2 Å². The molecule has 0 bridgehead atoms. The molecule has 94 valence electrons. The van der Waals surface area contributed by atoms with E-state index >= 15 is 0 Å². The first-order valence-electron chi connectivity index (χ1n) is 5.63. The van der Waals surface area contributed by atoms with Crippen molar-refractivity contribution in [3.05, 3.63) is 35.1 Å². The van der Waals surface area contributed by atoms with Crippen molar-refractivity contribution >= 4 is 5.91 Å². The van der Waals surface area contributed by atoms with Gasteiger partial charge in [0.25, 0.3) is 5.91 Å². The molecule has 2 atom stereocenters. The quantitative estimate of drug-likeness (QED) is 0.842. The number of nitrogens with one attached hydrogen (secondary N) is 1. The molecule has 3 nitrogen and oxygen atoms in total. The van der Waals surface area contributed by atoms with Crippen LogP contribution in [0.2, 0.25) is 0 Å². The van der Waals surface area contributed by atoms with E-state index in [1.54, 1.807) is 13.0 Å². The number of hydrogen-bond donors (Lipinski definition) is 2. The Morgan fingerprint density at radius 1 is 1.41 bits per heavy atom. The van der Waals surface area contributed by atoms with Crippen LogP contribution in [-0.4, -0.2) is 23.7 Å². The molecule has 1 aromatic rings. The average molecular weight is 239 g/mol. The number of amides is 1. The lowest BCUT2D eigenvalue weighted by Gasteiger charge is -2.19. The van der Waals surface area contributed by atoms with Crippen LogP contribution >= 0.6 is 0 Å². The van der Waals surface area contributed by atoms with Crippen LogP contribution in [0, 0.1) is 18.7 Å². The topological polar surface area (TPSA) is 49.3 Å². The Balaban J connectivity index is 2.76. The molecule has 1 rings (SSSR count). The van der Waals surface area contributed by atoms with Gasteiger partial charge in [0, 0.05) is 18.2 Å². The van der Waals surface area contributed by atoms with Crippen molar-refractivity contribution in [2.24, 2.45) is 5.92 Å². The van der Waals surface area contributed by atoms with E-state index in [0.29, 0.717) is 11.1 Å². The SMILES string of the molecule is Cc1cc(F)cc(C(=O)NC(C)C(C)CO)c1. The molecule has 17 heavy (non-hydrogen) atoms. The minimum Gasteiger partial charge on any atom is -0.396 e. The van der Waals surface area contributed by atoms with Gasteiger partial charge in [-0.05, 0) is 43.5 Å². The molecule has 0 radical (unpaired) electrons. The lowest BCUT2D eigenvalue weighted by atomic mass is 10.0. The van der Waals surface area contributed by atoms with Gasteiger partial charge in [0.2, 0.25) is 0 Å². The molecular formula is C13H18FNO2. The summed E-state index contributed by atoms with van der Waals surface area (Å²) in [5.74, 6) is -0.771. The molecule has 0 aliphatic rings. The number of carbonyl (C=O) groups excluding carboxylic acids is 1. The van der Waals surface area contributed by atoms with Gasteiger partial charge in [-0.1, -0.05) is 6.92 Å². The highest BCUT2D eigenvalue weighted by molar-refractivity contribution is 5.94. The summed E-state index contributed by atoms with van der Waals surface area (Å²) < 4.78 is 13.1. The zero-order chi connectivity index (χ0) is 13.0. The maximum atomic E-state index is 13.1. The monoisotopic (exact) mass is 239 g/mol. The van der Waals surface area contributed by atoms with Gasteiger partial charge >= 0.3 is 0 Å². The van der Waals surface area contributed by atoms with E-state index in [9.17, 15) is 9.18 Å². The normalized spacial score (nSPS) is 14.2. The lowest BCUT2D eigenvalue weighted by Crippen LogP contribution is -2.38. The van der Waals surface area contributed by atoms with Crippen LogP contribution in [0.5, 0.6) is 0 Å². The second-order valence-corrected chi connectivity index (χ2v) is 4.44. The van der Waals surface area contributed by atoms with Gasteiger partial charge in [-0.3, -0.25) is 4.79 Å². The van der Waals surface area contributed by atoms with Gasteiger partial charge in [0.05, 0.1) is 0 Å². The van der Waals surface area contributed by atoms with Gasteiger partial charge < -0.3 is 10.4 Å². The summed E-state index contributed by atoms with van der Waals surface area (Å²) in [6.07, 6.45) is 0. The Labute approximate surface area is 101 Å². The Bertz CT molecular complexity index is 386. The third-order valence-electron chi connectivity index (χ3n) is 2.80. The number of benzene rings is 1. The van der Waals surface area contributed by atoms with Crippen molar-refractivity contribution in [3.63, 3.8) is 0 Å². The van der Waals surface area contributed by atoms with Crippen molar-refractivity contribution in [1.82, 2.24) is 5.32 Å². The van der Waals surface area contributed by atoms with Crippen LogP contribution in [0.3, 0.4) is 0 Å². The molecule has 0 heterocycles. The highest BCUT2D eigenvalue weighted by Gasteiger charge is 2.15. The zero-order valence-electron chi connectivity index (χ0n) is 10.3. The summed E-state index contributed by atoms with van der Waals surface area (Å²) in [5.41, 5.74) is 1.01. The van der Waals surface area contributed by atoms with Crippen molar-refractivity contribution in [2.45, 2.75) is 26.8 Å². The Morgan fingerprint density at radius 2 is 2.06 bits per heavy atom. The second kappa shape index (κ2) is 5.77. The second-order valence-electron chi connectivity index (χ2n) is 4.44. The maximum Gasteiger partial charge on any atom is 0.251 e. The fourth-order valence-corrected chi connectivity index (χ4v) is 1.46. The number of halogens is 1. The van der Waals surface area contributed by atoms with Crippen molar-refractivity contribution in [2.75, 3.05) is 6.61 Å². The molecule has 4 heteroatoms. The van der Waals surface area contributed by atoms with Crippen molar-refractivity contribution in [3.8, 4) is 0 Å². The van der Waals surface area contributed by atoms with Crippen LogP contribution in [0.25, 0.3) is 0 Å². The highest BCUT2D eigenvalue weighted by Crippen LogP contribution is 2.09. The predicted molar refractivity (Wildman–Crippen MR) is 64.3 cm³/mol.